The lowest BCUT2D eigenvalue weighted by atomic mass is 9.85. The molecule has 3 heterocycles. The van der Waals surface area contributed by atoms with Crippen LogP contribution in [0.4, 0.5) is 13.2 Å². The molecule has 1 aliphatic rings. The fraction of sp³-hybridized carbons (Fsp3) is 0.474. The summed E-state index contributed by atoms with van der Waals surface area (Å²) in [6.07, 6.45) is -2.79. The van der Waals surface area contributed by atoms with Crippen LogP contribution in [-0.2, 0) is 19.6 Å². The molecule has 2 unspecified atom stereocenters. The number of rotatable bonds is 4. The van der Waals surface area contributed by atoms with E-state index in [1.807, 2.05) is 0 Å². The summed E-state index contributed by atoms with van der Waals surface area (Å²) in [6, 6.07) is 8.56. The SMILES string of the molecule is CCc1ccc(C2CNCC(c3nc(-c4nnc(C(F)(F)F)n4C)no3)C2)cc1. The molecule has 0 aliphatic carbocycles. The van der Waals surface area contributed by atoms with Crippen LogP contribution in [0.25, 0.3) is 11.6 Å². The van der Waals surface area contributed by atoms with E-state index in [-0.39, 0.29) is 17.6 Å². The van der Waals surface area contributed by atoms with Crippen LogP contribution in [0.15, 0.2) is 28.8 Å². The van der Waals surface area contributed by atoms with Gasteiger partial charge in [-0.1, -0.05) is 36.3 Å². The Morgan fingerprint density at radius 3 is 2.52 bits per heavy atom. The van der Waals surface area contributed by atoms with Gasteiger partial charge >= 0.3 is 6.18 Å². The Hall–Kier alpha value is -2.75. The van der Waals surface area contributed by atoms with Gasteiger partial charge in [0.2, 0.25) is 23.4 Å². The van der Waals surface area contributed by atoms with E-state index in [4.69, 9.17) is 4.52 Å². The molecule has 10 heteroatoms. The van der Waals surface area contributed by atoms with E-state index in [1.165, 1.54) is 18.2 Å². The first-order valence-corrected chi connectivity index (χ1v) is 9.47. The van der Waals surface area contributed by atoms with Gasteiger partial charge in [0, 0.05) is 20.1 Å². The van der Waals surface area contributed by atoms with Crippen LogP contribution in [0.3, 0.4) is 0 Å². The third kappa shape index (κ3) is 3.89. The van der Waals surface area contributed by atoms with Crippen LogP contribution in [0, 0.1) is 0 Å². The quantitative estimate of drug-likeness (QED) is 0.716. The first-order valence-electron chi connectivity index (χ1n) is 9.47. The monoisotopic (exact) mass is 406 g/mol. The molecule has 7 nitrogen and oxygen atoms in total. The maximum atomic E-state index is 12.9. The summed E-state index contributed by atoms with van der Waals surface area (Å²) in [7, 11) is 1.23. The average molecular weight is 406 g/mol. The van der Waals surface area contributed by atoms with E-state index in [9.17, 15) is 13.2 Å². The average Bonchev–Trinajstić information content (AvgIpc) is 3.34. The van der Waals surface area contributed by atoms with Crippen molar-refractivity contribution in [3.63, 3.8) is 0 Å². The minimum absolute atomic E-state index is 0.0000721. The van der Waals surface area contributed by atoms with Gasteiger partial charge in [0.15, 0.2) is 0 Å². The molecular weight excluding hydrogens is 385 g/mol. The van der Waals surface area contributed by atoms with Crippen LogP contribution in [-0.4, -0.2) is 38.0 Å². The Balaban J connectivity index is 1.52. The largest absolute Gasteiger partial charge is 0.451 e. The molecule has 0 radical (unpaired) electrons. The molecule has 4 rings (SSSR count). The van der Waals surface area contributed by atoms with Crippen LogP contribution in [0.5, 0.6) is 0 Å². The number of hydrogen-bond acceptors (Lipinski definition) is 6. The van der Waals surface area contributed by atoms with Gasteiger partial charge in [0.05, 0.1) is 5.92 Å². The van der Waals surface area contributed by atoms with E-state index in [2.05, 4.69) is 56.8 Å². The second kappa shape index (κ2) is 7.58. The summed E-state index contributed by atoms with van der Waals surface area (Å²) in [5, 5.41) is 14.0. The number of piperidine rings is 1. The van der Waals surface area contributed by atoms with E-state index in [0.717, 1.165) is 24.0 Å². The van der Waals surface area contributed by atoms with Crippen LogP contribution >= 0.6 is 0 Å². The lowest BCUT2D eigenvalue weighted by molar-refractivity contribution is -0.146. The summed E-state index contributed by atoms with van der Waals surface area (Å²) >= 11 is 0. The molecule has 2 atom stereocenters. The second-order valence-electron chi connectivity index (χ2n) is 7.24. The second-order valence-corrected chi connectivity index (χ2v) is 7.24. The summed E-state index contributed by atoms with van der Waals surface area (Å²) in [4.78, 5) is 4.31. The molecule has 1 aliphatic heterocycles. The van der Waals surface area contributed by atoms with E-state index >= 15 is 0 Å². The molecule has 2 aromatic heterocycles. The van der Waals surface area contributed by atoms with E-state index in [0.29, 0.717) is 18.4 Å². The Bertz CT molecular complexity index is 979. The number of halogens is 3. The number of nitrogens with one attached hydrogen (secondary N) is 1. The fourth-order valence-corrected chi connectivity index (χ4v) is 3.67. The van der Waals surface area contributed by atoms with Gasteiger partial charge in [-0.3, -0.25) is 0 Å². The van der Waals surface area contributed by atoms with Gasteiger partial charge in [0.1, 0.15) is 0 Å². The molecule has 3 aromatic rings. The summed E-state index contributed by atoms with van der Waals surface area (Å²) in [6.45, 7) is 3.63. The molecule has 1 aromatic carbocycles. The van der Waals surface area contributed by atoms with Crippen molar-refractivity contribution < 1.29 is 17.7 Å². The lowest BCUT2D eigenvalue weighted by Gasteiger charge is -2.28. The van der Waals surface area contributed by atoms with Gasteiger partial charge in [0.25, 0.3) is 0 Å². The van der Waals surface area contributed by atoms with Crippen molar-refractivity contribution in [2.45, 2.75) is 37.8 Å². The molecule has 0 bridgehead atoms. The highest BCUT2D eigenvalue weighted by atomic mass is 19.4. The van der Waals surface area contributed by atoms with Gasteiger partial charge < -0.3 is 14.4 Å². The first-order chi connectivity index (χ1) is 13.9. The van der Waals surface area contributed by atoms with Gasteiger partial charge in [-0.15, -0.1) is 10.2 Å². The van der Waals surface area contributed by atoms with Crippen molar-refractivity contribution in [1.29, 1.82) is 0 Å². The number of nitrogens with zero attached hydrogens (tertiary/aromatic N) is 5. The maximum Gasteiger partial charge on any atom is 0.451 e. The van der Waals surface area contributed by atoms with Crippen molar-refractivity contribution in [1.82, 2.24) is 30.2 Å². The van der Waals surface area contributed by atoms with Crippen molar-refractivity contribution >= 4 is 0 Å². The maximum absolute atomic E-state index is 12.9. The van der Waals surface area contributed by atoms with E-state index in [1.54, 1.807) is 0 Å². The van der Waals surface area contributed by atoms with Crippen molar-refractivity contribution in [2.24, 2.45) is 7.05 Å². The lowest BCUT2D eigenvalue weighted by Crippen LogP contribution is -2.34. The number of aryl methyl sites for hydroxylation is 1. The molecule has 0 spiro atoms. The minimum Gasteiger partial charge on any atom is -0.339 e. The normalized spacial score (nSPS) is 20.2. The first kappa shape index (κ1) is 19.6. The predicted octanol–water partition coefficient (Wildman–Crippen LogP) is 3.31. The Labute approximate surface area is 165 Å². The molecule has 0 saturated carbocycles. The van der Waals surface area contributed by atoms with Gasteiger partial charge in [-0.05, 0) is 29.9 Å². The summed E-state index contributed by atoms with van der Waals surface area (Å²) < 4.78 is 45.0. The Kier molecular flexibility index (Phi) is 5.12. The zero-order valence-corrected chi connectivity index (χ0v) is 16.1. The Morgan fingerprint density at radius 1 is 1.14 bits per heavy atom. The van der Waals surface area contributed by atoms with Crippen LogP contribution in [0.1, 0.15) is 48.0 Å². The topological polar surface area (TPSA) is 81.7 Å². The zero-order valence-electron chi connectivity index (χ0n) is 16.1. The Morgan fingerprint density at radius 2 is 1.86 bits per heavy atom. The molecular formula is C19H21F3N6O. The molecule has 154 valence electrons. The van der Waals surface area contributed by atoms with E-state index < -0.39 is 12.0 Å². The molecule has 0 amide bonds. The van der Waals surface area contributed by atoms with Crippen molar-refractivity contribution in [2.75, 3.05) is 13.1 Å². The standard InChI is InChI=1S/C19H21F3N6O/c1-3-11-4-6-12(7-5-11)13-8-14(10-23-9-13)17-24-15(27-29-17)16-25-26-18(28(16)2)19(20,21)22/h4-7,13-14,23H,3,8-10H2,1-2H3. The smallest absolute Gasteiger partial charge is 0.339 e. The molecule has 29 heavy (non-hydrogen) atoms. The number of hydrogen-bond donors (Lipinski definition) is 1. The van der Waals surface area contributed by atoms with Crippen molar-refractivity contribution in [3.8, 4) is 11.6 Å². The number of alkyl halides is 3. The molecule has 1 fully saturated rings. The van der Waals surface area contributed by atoms with Crippen LogP contribution in [0.2, 0.25) is 0 Å². The predicted molar refractivity (Wildman–Crippen MR) is 98.1 cm³/mol. The van der Waals surface area contributed by atoms with Crippen molar-refractivity contribution in [3.05, 3.63) is 47.1 Å². The number of benzene rings is 1. The van der Waals surface area contributed by atoms with Gasteiger partial charge in [-0.25, -0.2) is 0 Å². The fourth-order valence-electron chi connectivity index (χ4n) is 3.67. The summed E-state index contributed by atoms with van der Waals surface area (Å²) in [5.41, 5.74) is 2.53. The molecule has 1 saturated heterocycles. The highest BCUT2D eigenvalue weighted by molar-refractivity contribution is 5.42. The third-order valence-electron chi connectivity index (χ3n) is 5.33. The molecule has 1 N–H and O–H groups in total. The third-order valence-corrected chi connectivity index (χ3v) is 5.33. The summed E-state index contributed by atoms with van der Waals surface area (Å²) in [5.74, 6) is -0.534. The van der Waals surface area contributed by atoms with Crippen LogP contribution < -0.4 is 5.32 Å². The highest BCUT2D eigenvalue weighted by Gasteiger charge is 2.38. The minimum atomic E-state index is -4.60. The van der Waals surface area contributed by atoms with Gasteiger partial charge in [-0.2, -0.15) is 18.2 Å². The number of aromatic nitrogens is 5. The highest BCUT2D eigenvalue weighted by Crippen LogP contribution is 2.33. The zero-order chi connectivity index (χ0) is 20.6.